The normalized spacial score (nSPS) is 14.2. The van der Waals surface area contributed by atoms with Crippen molar-refractivity contribution in [1.29, 1.82) is 0 Å². The molecule has 2 heterocycles. The lowest BCUT2D eigenvalue weighted by atomic mass is 10.2. The lowest BCUT2D eigenvalue weighted by molar-refractivity contribution is 0.280. The molecule has 1 aliphatic heterocycles. The summed E-state index contributed by atoms with van der Waals surface area (Å²) in [6.07, 6.45) is 2.30. The quantitative estimate of drug-likeness (QED) is 0.633. The number of nitrogens with one attached hydrogen (secondary N) is 1. The summed E-state index contributed by atoms with van der Waals surface area (Å²) >= 11 is 0. The molecule has 0 unspecified atom stereocenters. The van der Waals surface area contributed by atoms with E-state index in [0.717, 1.165) is 31.5 Å². The fourth-order valence-electron chi connectivity index (χ4n) is 2.26. The molecule has 21 heavy (non-hydrogen) atoms. The van der Waals surface area contributed by atoms with Gasteiger partial charge in [-0.25, -0.2) is 5.84 Å². The lowest BCUT2D eigenvalue weighted by Gasteiger charge is -2.16. The third-order valence-electron chi connectivity index (χ3n) is 3.33. The molecule has 0 aliphatic carbocycles. The summed E-state index contributed by atoms with van der Waals surface area (Å²) in [7, 11) is 0. The molecule has 0 saturated carbocycles. The van der Waals surface area contributed by atoms with Gasteiger partial charge >= 0.3 is 6.01 Å². The minimum absolute atomic E-state index is 0.281. The van der Waals surface area contributed by atoms with Crippen molar-refractivity contribution in [2.45, 2.75) is 19.4 Å². The van der Waals surface area contributed by atoms with E-state index in [-0.39, 0.29) is 6.01 Å². The van der Waals surface area contributed by atoms with Crippen LogP contribution in [0, 0.1) is 0 Å². The third-order valence-corrected chi connectivity index (χ3v) is 3.33. The van der Waals surface area contributed by atoms with Gasteiger partial charge in [0.25, 0.3) is 0 Å². The molecule has 7 heteroatoms. The molecule has 1 aromatic carbocycles. The number of nitrogen functional groups attached to an aromatic ring is 1. The molecule has 1 fully saturated rings. The maximum atomic E-state index is 5.65. The number of aromatic nitrogens is 3. The number of benzene rings is 1. The van der Waals surface area contributed by atoms with Crippen molar-refractivity contribution >= 4 is 11.9 Å². The van der Waals surface area contributed by atoms with Gasteiger partial charge in [-0.3, -0.25) is 5.43 Å². The zero-order valence-electron chi connectivity index (χ0n) is 11.7. The Bertz CT molecular complexity index is 585. The number of rotatable bonds is 5. The minimum Gasteiger partial charge on any atom is -0.458 e. The van der Waals surface area contributed by atoms with Crippen LogP contribution in [-0.4, -0.2) is 28.0 Å². The zero-order chi connectivity index (χ0) is 14.5. The summed E-state index contributed by atoms with van der Waals surface area (Å²) in [5, 5.41) is 0. The Morgan fingerprint density at radius 1 is 1.10 bits per heavy atom. The maximum Gasteiger partial charge on any atom is 0.323 e. The van der Waals surface area contributed by atoms with Crippen LogP contribution in [-0.2, 0) is 6.61 Å². The van der Waals surface area contributed by atoms with E-state index in [9.17, 15) is 0 Å². The summed E-state index contributed by atoms with van der Waals surface area (Å²) in [6.45, 7) is 2.31. The van der Waals surface area contributed by atoms with E-state index in [1.807, 2.05) is 30.3 Å². The van der Waals surface area contributed by atoms with E-state index in [4.69, 9.17) is 10.6 Å². The second kappa shape index (κ2) is 6.36. The Morgan fingerprint density at radius 2 is 1.86 bits per heavy atom. The van der Waals surface area contributed by atoms with Crippen LogP contribution in [0.4, 0.5) is 11.9 Å². The summed E-state index contributed by atoms with van der Waals surface area (Å²) in [6, 6.07) is 10.2. The molecule has 110 valence electrons. The monoisotopic (exact) mass is 286 g/mol. The molecule has 1 saturated heterocycles. The van der Waals surface area contributed by atoms with Gasteiger partial charge in [0, 0.05) is 13.1 Å². The number of hydrogen-bond donors (Lipinski definition) is 2. The Labute approximate surface area is 123 Å². The van der Waals surface area contributed by atoms with Gasteiger partial charge in [0.1, 0.15) is 6.61 Å². The van der Waals surface area contributed by atoms with Gasteiger partial charge in [-0.1, -0.05) is 30.3 Å². The highest BCUT2D eigenvalue weighted by atomic mass is 16.5. The molecule has 0 radical (unpaired) electrons. The fraction of sp³-hybridized carbons (Fsp3) is 0.357. The summed E-state index contributed by atoms with van der Waals surface area (Å²) < 4.78 is 5.65. The zero-order valence-corrected chi connectivity index (χ0v) is 11.7. The summed E-state index contributed by atoms with van der Waals surface area (Å²) in [4.78, 5) is 14.9. The van der Waals surface area contributed by atoms with Crippen molar-refractivity contribution in [3.8, 4) is 6.01 Å². The number of ether oxygens (including phenoxy) is 1. The number of hydrogen-bond acceptors (Lipinski definition) is 7. The van der Waals surface area contributed by atoms with Crippen molar-refractivity contribution in [3.63, 3.8) is 0 Å². The fourth-order valence-corrected chi connectivity index (χ4v) is 2.26. The molecular formula is C14H18N6O. The van der Waals surface area contributed by atoms with E-state index in [0.29, 0.717) is 18.5 Å². The van der Waals surface area contributed by atoms with E-state index in [1.54, 1.807) is 0 Å². The first-order valence-corrected chi connectivity index (χ1v) is 6.99. The molecule has 3 rings (SSSR count). The highest BCUT2D eigenvalue weighted by Crippen LogP contribution is 2.19. The van der Waals surface area contributed by atoms with Gasteiger partial charge in [-0.05, 0) is 18.4 Å². The second-order valence-corrected chi connectivity index (χ2v) is 4.85. The molecule has 0 bridgehead atoms. The van der Waals surface area contributed by atoms with Crippen molar-refractivity contribution in [2.75, 3.05) is 23.4 Å². The largest absolute Gasteiger partial charge is 0.458 e. The number of anilines is 2. The van der Waals surface area contributed by atoms with Crippen LogP contribution in [0.3, 0.4) is 0 Å². The topological polar surface area (TPSA) is 89.2 Å². The van der Waals surface area contributed by atoms with Gasteiger partial charge in [0.2, 0.25) is 11.9 Å². The first kappa shape index (κ1) is 13.6. The number of nitrogens with two attached hydrogens (primary N) is 1. The van der Waals surface area contributed by atoms with Crippen LogP contribution in [0.1, 0.15) is 18.4 Å². The molecule has 0 atom stereocenters. The smallest absolute Gasteiger partial charge is 0.323 e. The molecule has 2 aromatic rings. The molecule has 3 N–H and O–H groups in total. The van der Waals surface area contributed by atoms with Crippen LogP contribution in [0.15, 0.2) is 30.3 Å². The third kappa shape index (κ3) is 3.38. The minimum atomic E-state index is 0.281. The standard InChI is InChI=1S/C14H18N6O/c15-19-12-16-13(20-8-4-5-9-20)18-14(17-12)21-10-11-6-2-1-3-7-11/h1-3,6-7H,4-5,8-10,15H2,(H,16,17,18,19). The highest BCUT2D eigenvalue weighted by molar-refractivity contribution is 5.38. The van der Waals surface area contributed by atoms with E-state index < -0.39 is 0 Å². The van der Waals surface area contributed by atoms with Crippen molar-refractivity contribution in [2.24, 2.45) is 5.84 Å². The highest BCUT2D eigenvalue weighted by Gasteiger charge is 2.17. The predicted octanol–water partition coefficient (Wildman–Crippen LogP) is 1.34. The van der Waals surface area contributed by atoms with Gasteiger partial charge < -0.3 is 9.64 Å². The molecular weight excluding hydrogens is 268 g/mol. The van der Waals surface area contributed by atoms with Crippen LogP contribution in [0.25, 0.3) is 0 Å². The molecule has 1 aromatic heterocycles. The van der Waals surface area contributed by atoms with E-state index >= 15 is 0 Å². The lowest BCUT2D eigenvalue weighted by Crippen LogP contribution is -2.22. The first-order valence-electron chi connectivity index (χ1n) is 6.99. The van der Waals surface area contributed by atoms with E-state index in [1.165, 1.54) is 0 Å². The number of hydrazine groups is 1. The molecule has 1 aliphatic rings. The average molecular weight is 286 g/mol. The van der Waals surface area contributed by atoms with Crippen molar-refractivity contribution in [3.05, 3.63) is 35.9 Å². The first-order chi connectivity index (χ1) is 10.3. The van der Waals surface area contributed by atoms with Gasteiger partial charge in [0.15, 0.2) is 0 Å². The predicted molar refractivity (Wildman–Crippen MR) is 79.9 cm³/mol. The Balaban J connectivity index is 1.75. The Morgan fingerprint density at radius 3 is 2.57 bits per heavy atom. The van der Waals surface area contributed by atoms with Crippen molar-refractivity contribution in [1.82, 2.24) is 15.0 Å². The molecule has 0 spiro atoms. The SMILES string of the molecule is NNc1nc(OCc2ccccc2)nc(N2CCCC2)n1. The summed E-state index contributed by atoms with van der Waals surface area (Å²) in [5.41, 5.74) is 3.52. The van der Waals surface area contributed by atoms with Crippen LogP contribution >= 0.6 is 0 Å². The Hall–Kier alpha value is -2.41. The second-order valence-electron chi connectivity index (χ2n) is 4.85. The average Bonchev–Trinajstić information content (AvgIpc) is 3.08. The number of nitrogens with zero attached hydrogens (tertiary/aromatic N) is 4. The maximum absolute atomic E-state index is 5.65. The van der Waals surface area contributed by atoms with Crippen LogP contribution in [0.2, 0.25) is 0 Å². The van der Waals surface area contributed by atoms with Gasteiger partial charge in [0.05, 0.1) is 0 Å². The van der Waals surface area contributed by atoms with Crippen molar-refractivity contribution < 1.29 is 4.74 Å². The molecule has 7 nitrogen and oxygen atoms in total. The molecule has 0 amide bonds. The van der Waals surface area contributed by atoms with Crippen LogP contribution in [0.5, 0.6) is 6.01 Å². The van der Waals surface area contributed by atoms with E-state index in [2.05, 4.69) is 25.3 Å². The summed E-state index contributed by atoms with van der Waals surface area (Å²) in [5.74, 6) is 6.34. The van der Waals surface area contributed by atoms with Gasteiger partial charge in [-0.15, -0.1) is 0 Å². The Kier molecular flexibility index (Phi) is 4.11. The van der Waals surface area contributed by atoms with Gasteiger partial charge in [-0.2, -0.15) is 15.0 Å². The van der Waals surface area contributed by atoms with Crippen LogP contribution < -0.4 is 20.9 Å².